The van der Waals surface area contributed by atoms with Gasteiger partial charge >= 0.3 is 94.6 Å². The summed E-state index contributed by atoms with van der Waals surface area (Å²) in [5, 5.41) is 8.14. The van der Waals surface area contributed by atoms with Crippen molar-refractivity contribution in [2.24, 2.45) is 0 Å². The van der Waals surface area contributed by atoms with Gasteiger partial charge in [-0.2, -0.15) is 0 Å². The van der Waals surface area contributed by atoms with E-state index in [1.165, 1.54) is 0 Å². The Hall–Kier alpha value is 2.47. The molecule has 2 nitrogen and oxygen atoms in total. The molecule has 0 aromatic rings. The molecule has 0 heterocycles. The molecule has 0 aliphatic rings. The van der Waals surface area contributed by atoms with Crippen molar-refractivity contribution in [1.29, 1.82) is 0 Å². The zero-order chi connectivity index (χ0) is 6.41. The van der Waals surface area contributed by atoms with Crippen molar-refractivity contribution in [3.8, 4) is 0 Å². The monoisotopic (exact) mass is 188 g/mol. The standard InChI is InChI=1S/C6H12O2.3Na.3H/c1-2-3-4-5-6(7)8;;;;;;/h2-5H2,1H3,(H,7,8);;;;;;. The maximum atomic E-state index is 9.87. The molecule has 0 aromatic heterocycles. The zero-order valence-electron chi connectivity index (χ0n) is 5.18. The van der Waals surface area contributed by atoms with Crippen LogP contribution >= 0.6 is 0 Å². The molecule has 5 heteroatoms. The zero-order valence-corrected chi connectivity index (χ0v) is 5.18. The predicted molar refractivity (Wildman–Crippen MR) is 53.2 cm³/mol. The number of unbranched alkanes of at least 4 members (excludes halogenated alkanes) is 2. The Balaban J connectivity index is -0.0000000817. The fraction of sp³-hybridized carbons (Fsp3) is 0.833. The van der Waals surface area contributed by atoms with Gasteiger partial charge in [0.05, 0.1) is 0 Å². The predicted octanol–water partition coefficient (Wildman–Crippen LogP) is -0.294. The summed E-state index contributed by atoms with van der Waals surface area (Å²) in [7, 11) is 0. The van der Waals surface area contributed by atoms with E-state index in [1.807, 2.05) is 0 Å². The quantitative estimate of drug-likeness (QED) is 0.486. The van der Waals surface area contributed by atoms with Crippen molar-refractivity contribution >= 4 is 94.6 Å². The molecule has 0 radical (unpaired) electrons. The van der Waals surface area contributed by atoms with Gasteiger partial charge in [0.25, 0.3) is 0 Å². The Labute approximate surface area is 135 Å². The molecule has 0 rings (SSSR count). The van der Waals surface area contributed by atoms with Gasteiger partial charge in [0.2, 0.25) is 0 Å². The number of carboxylic acid groups (broad SMARTS) is 1. The molecule has 0 aromatic carbocycles. The number of hydrogen-bond acceptors (Lipinski definition) is 1. The molecular formula is C6H15Na3O2. The molecule has 0 aliphatic heterocycles. The van der Waals surface area contributed by atoms with E-state index in [1.54, 1.807) is 0 Å². The summed E-state index contributed by atoms with van der Waals surface area (Å²) in [6, 6.07) is 0. The summed E-state index contributed by atoms with van der Waals surface area (Å²) in [5.74, 6) is -0.682. The summed E-state index contributed by atoms with van der Waals surface area (Å²) in [5.41, 5.74) is 0. The number of carbonyl (C=O) groups is 1. The fourth-order valence-electron chi connectivity index (χ4n) is 0.526. The molecule has 0 fully saturated rings. The Morgan fingerprint density at radius 2 is 1.64 bits per heavy atom. The molecular weight excluding hydrogens is 173 g/mol. The first-order valence-electron chi connectivity index (χ1n) is 2.99. The van der Waals surface area contributed by atoms with Crippen LogP contribution in [0.15, 0.2) is 0 Å². The van der Waals surface area contributed by atoms with Gasteiger partial charge in [0, 0.05) is 6.42 Å². The third-order valence-corrected chi connectivity index (χ3v) is 0.994. The number of carboxylic acids is 1. The van der Waals surface area contributed by atoms with Crippen molar-refractivity contribution in [3.05, 3.63) is 0 Å². The normalized spacial score (nSPS) is 6.64. The SMILES string of the molecule is CCCCCC(=O)O.[NaH].[NaH].[NaH]. The van der Waals surface area contributed by atoms with Gasteiger partial charge in [0.15, 0.2) is 0 Å². The molecule has 0 saturated heterocycles. The Morgan fingerprint density at radius 3 is 1.91 bits per heavy atom. The van der Waals surface area contributed by atoms with E-state index < -0.39 is 5.97 Å². The van der Waals surface area contributed by atoms with Crippen molar-refractivity contribution in [2.45, 2.75) is 32.6 Å². The van der Waals surface area contributed by atoms with Gasteiger partial charge in [-0.05, 0) is 6.42 Å². The number of hydrogen-bond donors (Lipinski definition) is 1. The minimum absolute atomic E-state index is 0. The van der Waals surface area contributed by atoms with Crippen LogP contribution in [0.3, 0.4) is 0 Å². The van der Waals surface area contributed by atoms with Crippen LogP contribution in [0.5, 0.6) is 0 Å². The maximum absolute atomic E-state index is 9.87. The van der Waals surface area contributed by atoms with Gasteiger partial charge in [0.1, 0.15) is 0 Å². The van der Waals surface area contributed by atoms with Crippen molar-refractivity contribution in [2.75, 3.05) is 0 Å². The first-order valence-corrected chi connectivity index (χ1v) is 2.99. The molecule has 11 heavy (non-hydrogen) atoms. The molecule has 0 amide bonds. The molecule has 0 atom stereocenters. The van der Waals surface area contributed by atoms with Crippen LogP contribution in [0.25, 0.3) is 0 Å². The topological polar surface area (TPSA) is 37.3 Å². The second-order valence-electron chi connectivity index (χ2n) is 1.85. The fourth-order valence-corrected chi connectivity index (χ4v) is 0.526. The van der Waals surface area contributed by atoms with E-state index in [0.717, 1.165) is 19.3 Å². The van der Waals surface area contributed by atoms with Crippen LogP contribution in [0.2, 0.25) is 0 Å². The first-order chi connectivity index (χ1) is 3.77. The second-order valence-corrected chi connectivity index (χ2v) is 1.85. The Bertz CT molecular complexity index is 78.2. The van der Waals surface area contributed by atoms with E-state index in [2.05, 4.69) is 6.92 Å². The molecule has 0 unspecified atom stereocenters. The minimum atomic E-state index is -0.682. The van der Waals surface area contributed by atoms with E-state index in [0.29, 0.717) is 6.42 Å². The summed E-state index contributed by atoms with van der Waals surface area (Å²) in [6.07, 6.45) is 3.28. The van der Waals surface area contributed by atoms with Crippen LogP contribution in [0.1, 0.15) is 32.6 Å². The van der Waals surface area contributed by atoms with Crippen LogP contribution in [-0.2, 0) is 4.79 Å². The van der Waals surface area contributed by atoms with Crippen molar-refractivity contribution in [3.63, 3.8) is 0 Å². The van der Waals surface area contributed by atoms with Crippen LogP contribution in [0.4, 0.5) is 0 Å². The molecule has 0 spiro atoms. The summed E-state index contributed by atoms with van der Waals surface area (Å²) in [4.78, 5) is 9.87. The van der Waals surface area contributed by atoms with E-state index in [9.17, 15) is 4.79 Å². The first kappa shape index (κ1) is 23.4. The van der Waals surface area contributed by atoms with Crippen LogP contribution < -0.4 is 0 Å². The van der Waals surface area contributed by atoms with Gasteiger partial charge < -0.3 is 5.11 Å². The second kappa shape index (κ2) is 18.3. The molecule has 0 saturated carbocycles. The van der Waals surface area contributed by atoms with E-state index in [-0.39, 0.29) is 88.7 Å². The Morgan fingerprint density at radius 1 is 1.18 bits per heavy atom. The van der Waals surface area contributed by atoms with Gasteiger partial charge in [-0.25, -0.2) is 0 Å². The average Bonchev–Trinajstić information content (AvgIpc) is 1.66. The number of rotatable bonds is 4. The average molecular weight is 188 g/mol. The molecule has 54 valence electrons. The van der Waals surface area contributed by atoms with Gasteiger partial charge in [-0.3, -0.25) is 4.79 Å². The van der Waals surface area contributed by atoms with E-state index >= 15 is 0 Å². The summed E-state index contributed by atoms with van der Waals surface area (Å²) >= 11 is 0. The van der Waals surface area contributed by atoms with Crippen molar-refractivity contribution in [1.82, 2.24) is 0 Å². The van der Waals surface area contributed by atoms with Crippen LogP contribution in [0, 0.1) is 0 Å². The molecule has 0 aliphatic carbocycles. The summed E-state index contributed by atoms with van der Waals surface area (Å²) in [6.45, 7) is 2.06. The van der Waals surface area contributed by atoms with Gasteiger partial charge in [-0.1, -0.05) is 19.8 Å². The van der Waals surface area contributed by atoms with Gasteiger partial charge in [-0.15, -0.1) is 0 Å². The van der Waals surface area contributed by atoms with E-state index in [4.69, 9.17) is 5.11 Å². The molecule has 1 N–H and O–H groups in total. The van der Waals surface area contributed by atoms with Crippen LogP contribution in [-0.4, -0.2) is 99.7 Å². The third-order valence-electron chi connectivity index (χ3n) is 0.994. The third kappa shape index (κ3) is 24.5. The Kier molecular flexibility index (Phi) is 38.8. The molecule has 0 bridgehead atoms. The van der Waals surface area contributed by atoms with Crippen molar-refractivity contribution < 1.29 is 9.90 Å². The number of aliphatic carboxylic acids is 1. The summed E-state index contributed by atoms with van der Waals surface area (Å²) < 4.78 is 0.